The van der Waals surface area contributed by atoms with E-state index in [1.807, 2.05) is 4.90 Å². The molecule has 1 saturated heterocycles. The van der Waals surface area contributed by atoms with Crippen molar-refractivity contribution in [3.63, 3.8) is 0 Å². The van der Waals surface area contributed by atoms with E-state index in [1.54, 1.807) is 27.0 Å². The number of fused-ring (bicyclic) bond motifs is 2. The number of amides is 1. The molecule has 2 aromatic rings. The number of halogens is 3. The van der Waals surface area contributed by atoms with Crippen LogP contribution in [0.2, 0.25) is 0 Å². The van der Waals surface area contributed by atoms with Crippen LogP contribution in [0.5, 0.6) is 0 Å². The van der Waals surface area contributed by atoms with Gasteiger partial charge in [-0.1, -0.05) is 23.4 Å². The number of rotatable bonds is 6. The maximum atomic E-state index is 15.0. The summed E-state index contributed by atoms with van der Waals surface area (Å²) in [6.07, 6.45) is 2.46. The van der Waals surface area contributed by atoms with Gasteiger partial charge in [-0.05, 0) is 45.4 Å². The highest BCUT2D eigenvalue weighted by Crippen LogP contribution is 2.53. The maximum Gasteiger partial charge on any atom is 0.412 e. The molecule has 0 bridgehead atoms. The van der Waals surface area contributed by atoms with Crippen molar-refractivity contribution in [1.82, 2.24) is 9.97 Å². The largest absolute Gasteiger partial charge is 0.477 e. The molecular formula is C29H30ClF2N9O4S2. The van der Waals surface area contributed by atoms with Crippen LogP contribution >= 0.6 is 34.7 Å². The quantitative estimate of drug-likeness (QED) is 0.218. The molecule has 0 saturated carbocycles. The number of carboxylic acid groups (broad SMARTS) is 1. The van der Waals surface area contributed by atoms with Crippen molar-refractivity contribution in [3.05, 3.63) is 32.3 Å². The summed E-state index contributed by atoms with van der Waals surface area (Å²) in [5, 5.41) is 32.6. The van der Waals surface area contributed by atoms with E-state index in [2.05, 4.69) is 32.4 Å². The van der Waals surface area contributed by atoms with Gasteiger partial charge < -0.3 is 25.4 Å². The molecule has 4 N–H and O–H groups in total. The number of anilines is 3. The SMILES string of the molecule is CSc1nc(N2CC(/C(Cl)=C(\N)C(=O)O)=NCC(F)(F)C2)c(C#N)c(N2CC3(CCc4sc(NC(=O)OC(C)(C)C)c(C#N)c43)C2)n1. The number of ether oxygens (including phenoxy) is 1. The summed E-state index contributed by atoms with van der Waals surface area (Å²) in [4.78, 5) is 40.7. The van der Waals surface area contributed by atoms with E-state index in [1.165, 1.54) is 11.3 Å². The molecule has 1 amide bonds. The van der Waals surface area contributed by atoms with Crippen molar-refractivity contribution < 1.29 is 28.2 Å². The molecule has 3 aliphatic rings. The third-order valence-corrected chi connectivity index (χ3v) is 9.92. The minimum absolute atomic E-state index is 0.0580. The van der Waals surface area contributed by atoms with Crippen LogP contribution in [0.3, 0.4) is 0 Å². The van der Waals surface area contributed by atoms with Gasteiger partial charge in [0.15, 0.2) is 16.8 Å². The van der Waals surface area contributed by atoms with Gasteiger partial charge in [0.05, 0.1) is 29.4 Å². The summed E-state index contributed by atoms with van der Waals surface area (Å²) in [5.41, 5.74) is 4.62. The van der Waals surface area contributed by atoms with Crippen molar-refractivity contribution in [2.45, 2.75) is 55.7 Å². The van der Waals surface area contributed by atoms with Gasteiger partial charge in [-0.25, -0.2) is 28.3 Å². The molecule has 1 spiro atoms. The van der Waals surface area contributed by atoms with Crippen LogP contribution in [-0.2, 0) is 21.4 Å². The number of carboxylic acids is 1. The topological polar surface area (TPSA) is 194 Å². The number of thioether (sulfide) groups is 1. The van der Waals surface area contributed by atoms with Crippen LogP contribution in [0.4, 0.5) is 30.2 Å². The molecule has 2 aliphatic heterocycles. The molecule has 18 heteroatoms. The minimum atomic E-state index is -3.37. The number of aryl methyl sites for hydroxylation is 1. The Morgan fingerprint density at radius 3 is 2.36 bits per heavy atom. The summed E-state index contributed by atoms with van der Waals surface area (Å²) < 4.78 is 35.3. The monoisotopic (exact) mass is 705 g/mol. The fourth-order valence-corrected chi connectivity index (χ4v) is 7.68. The van der Waals surface area contributed by atoms with Crippen LogP contribution < -0.4 is 20.9 Å². The predicted molar refractivity (Wildman–Crippen MR) is 174 cm³/mol. The number of aliphatic carboxylic acids is 1. The molecule has 47 heavy (non-hydrogen) atoms. The Morgan fingerprint density at radius 1 is 1.15 bits per heavy atom. The zero-order chi connectivity index (χ0) is 34.5. The molecule has 0 aromatic carbocycles. The van der Waals surface area contributed by atoms with Gasteiger partial charge in [0, 0.05) is 23.4 Å². The number of nitrogens with zero attached hydrogens (tertiary/aromatic N) is 7. The van der Waals surface area contributed by atoms with E-state index in [-0.39, 0.29) is 34.6 Å². The first kappa shape index (κ1) is 34.2. The minimum Gasteiger partial charge on any atom is -0.477 e. The first-order valence-corrected chi connectivity index (χ1v) is 16.7. The predicted octanol–water partition coefficient (Wildman–Crippen LogP) is 4.44. The molecule has 2 aromatic heterocycles. The molecule has 0 atom stereocenters. The molecular weight excluding hydrogens is 676 g/mol. The zero-order valence-corrected chi connectivity index (χ0v) is 28.2. The molecule has 1 fully saturated rings. The van der Waals surface area contributed by atoms with Crippen molar-refractivity contribution >= 4 is 69.1 Å². The summed E-state index contributed by atoms with van der Waals surface area (Å²) in [7, 11) is 0. The number of thiophene rings is 1. The van der Waals surface area contributed by atoms with Gasteiger partial charge in [-0.2, -0.15) is 10.5 Å². The Bertz CT molecular complexity index is 1800. The Balaban J connectivity index is 1.48. The van der Waals surface area contributed by atoms with Gasteiger partial charge in [-0.15, -0.1) is 11.3 Å². The smallest absolute Gasteiger partial charge is 0.412 e. The number of carbonyl (C=O) groups is 2. The summed E-state index contributed by atoms with van der Waals surface area (Å²) in [5.74, 6) is -4.75. The number of nitrogens with two attached hydrogens (primary N) is 1. The Labute approximate surface area is 282 Å². The Kier molecular flexibility index (Phi) is 9.04. The molecule has 13 nitrogen and oxygen atoms in total. The zero-order valence-electron chi connectivity index (χ0n) is 25.8. The highest BCUT2D eigenvalue weighted by atomic mass is 35.5. The van der Waals surface area contributed by atoms with Crippen molar-refractivity contribution in [2.75, 3.05) is 54.1 Å². The second kappa shape index (κ2) is 12.4. The lowest BCUT2D eigenvalue weighted by Crippen LogP contribution is -2.59. The number of aromatic nitrogens is 2. The molecule has 248 valence electrons. The molecule has 5 rings (SSSR count). The molecule has 4 heterocycles. The second-order valence-electron chi connectivity index (χ2n) is 12.3. The molecule has 0 radical (unpaired) electrons. The third-order valence-electron chi connectivity index (χ3n) is 7.78. The van der Waals surface area contributed by atoms with Gasteiger partial charge in [0.1, 0.15) is 40.5 Å². The van der Waals surface area contributed by atoms with Gasteiger partial charge >= 0.3 is 12.1 Å². The third kappa shape index (κ3) is 6.65. The van der Waals surface area contributed by atoms with Crippen LogP contribution in [0.25, 0.3) is 0 Å². The van der Waals surface area contributed by atoms with Gasteiger partial charge in [-0.3, -0.25) is 10.3 Å². The lowest BCUT2D eigenvalue weighted by atomic mass is 9.74. The lowest BCUT2D eigenvalue weighted by Gasteiger charge is -2.49. The summed E-state index contributed by atoms with van der Waals surface area (Å²) in [6, 6.07) is 4.33. The van der Waals surface area contributed by atoms with Crippen molar-refractivity contribution in [2.24, 2.45) is 10.7 Å². The average Bonchev–Trinajstić information content (AvgIpc) is 3.45. The fraction of sp³-hybridized carbons (Fsp3) is 0.483. The normalized spacial score (nSPS) is 18.6. The number of hydrogen-bond acceptors (Lipinski definition) is 13. The first-order valence-electron chi connectivity index (χ1n) is 14.2. The van der Waals surface area contributed by atoms with Crippen LogP contribution in [0.15, 0.2) is 20.9 Å². The standard InChI is InChI=1S/C29H30ClF2N9O4S2/c1-27(2,3)45-26(44)39-23-14(7-33)18-17(47-23)5-6-28(18)11-41(12-28)22-15(8-34)21(37-25(38-22)46-4)40-9-16(19(30)20(35)24(42)43)36-10-29(31,32)13-40/h5-6,9-13,35H2,1-4H3,(H,39,44)(H,42,43)/b20-19+. The highest BCUT2D eigenvalue weighted by Gasteiger charge is 2.52. The maximum absolute atomic E-state index is 15.0. The van der Waals surface area contributed by atoms with Crippen molar-refractivity contribution in [3.8, 4) is 12.1 Å². The fourth-order valence-electron chi connectivity index (χ4n) is 5.87. The number of carbonyl (C=O) groups excluding carboxylic acids is 1. The van der Waals surface area contributed by atoms with E-state index in [9.17, 15) is 34.0 Å². The second-order valence-corrected chi connectivity index (χ2v) is 14.6. The highest BCUT2D eigenvalue weighted by molar-refractivity contribution is 7.98. The lowest BCUT2D eigenvalue weighted by molar-refractivity contribution is -0.132. The van der Waals surface area contributed by atoms with E-state index < -0.39 is 52.8 Å². The van der Waals surface area contributed by atoms with Crippen LogP contribution in [0.1, 0.15) is 48.8 Å². The van der Waals surface area contributed by atoms with Crippen molar-refractivity contribution in [1.29, 1.82) is 10.5 Å². The van der Waals surface area contributed by atoms with Crippen LogP contribution in [-0.4, -0.2) is 83.4 Å². The number of nitrogens with one attached hydrogen (secondary N) is 1. The number of hydrogen-bond donors (Lipinski definition) is 3. The van der Waals surface area contributed by atoms with Crippen LogP contribution in [0, 0.1) is 22.7 Å². The van der Waals surface area contributed by atoms with E-state index in [0.29, 0.717) is 30.1 Å². The molecule has 0 unspecified atom stereocenters. The number of aliphatic imine (C=N–C) groups is 1. The average molecular weight is 706 g/mol. The molecule has 1 aliphatic carbocycles. The first-order chi connectivity index (χ1) is 22.0. The summed E-state index contributed by atoms with van der Waals surface area (Å²) in [6.45, 7) is 3.75. The van der Waals surface area contributed by atoms with E-state index >= 15 is 0 Å². The number of alkyl halides is 2. The van der Waals surface area contributed by atoms with Gasteiger partial charge in [0.2, 0.25) is 0 Å². The Hall–Kier alpha value is -4.19. The Morgan fingerprint density at radius 2 is 1.79 bits per heavy atom. The number of nitriles is 2. The van der Waals surface area contributed by atoms with Gasteiger partial charge in [0.25, 0.3) is 5.92 Å². The van der Waals surface area contributed by atoms with E-state index in [4.69, 9.17) is 22.1 Å². The summed E-state index contributed by atoms with van der Waals surface area (Å²) >= 11 is 8.66. The van der Waals surface area contributed by atoms with E-state index in [0.717, 1.165) is 33.5 Å².